The van der Waals surface area contributed by atoms with Gasteiger partial charge in [0, 0.05) is 22.8 Å². The summed E-state index contributed by atoms with van der Waals surface area (Å²) in [5.74, 6) is -0.848. The number of hydrogen-bond acceptors (Lipinski definition) is 4. The Balaban J connectivity index is 2.09. The summed E-state index contributed by atoms with van der Waals surface area (Å²) in [7, 11) is 2.15. The summed E-state index contributed by atoms with van der Waals surface area (Å²) in [5.41, 5.74) is 0.389. The molecule has 0 fully saturated rings. The van der Waals surface area contributed by atoms with Crippen LogP contribution in [0.2, 0.25) is 0 Å². The summed E-state index contributed by atoms with van der Waals surface area (Å²) in [4.78, 5) is 14.2. The minimum absolute atomic E-state index is 0.389. The van der Waals surface area contributed by atoms with E-state index in [1.807, 2.05) is 0 Å². The van der Waals surface area contributed by atoms with Gasteiger partial charge in [-0.15, -0.1) is 11.3 Å². The zero-order chi connectivity index (χ0) is 14.3. The topological polar surface area (TPSA) is 52.6 Å². The highest BCUT2D eigenvalue weighted by atomic mass is 32.1. The van der Waals surface area contributed by atoms with Crippen molar-refractivity contribution in [2.45, 2.75) is 39.3 Å². The lowest BCUT2D eigenvalue weighted by Crippen LogP contribution is -2.27. The molecule has 0 amide bonds. The highest BCUT2D eigenvalue weighted by Crippen LogP contribution is 2.14. The first kappa shape index (κ1) is 16.1. The van der Waals surface area contributed by atoms with E-state index in [0.717, 1.165) is 30.9 Å². The lowest BCUT2D eigenvalue weighted by molar-refractivity contribution is 0.0697. The summed E-state index contributed by atoms with van der Waals surface area (Å²) < 4.78 is 0. The van der Waals surface area contributed by atoms with Crippen LogP contribution in [0.25, 0.3) is 0 Å². The molecule has 5 heteroatoms. The number of carbonyl (C=O) groups is 1. The minimum atomic E-state index is -0.848. The van der Waals surface area contributed by atoms with E-state index >= 15 is 0 Å². The van der Waals surface area contributed by atoms with E-state index < -0.39 is 5.97 Å². The highest BCUT2D eigenvalue weighted by Gasteiger charge is 2.06. The molecule has 0 aromatic carbocycles. The van der Waals surface area contributed by atoms with Crippen molar-refractivity contribution >= 4 is 17.3 Å². The zero-order valence-corrected chi connectivity index (χ0v) is 12.8. The Morgan fingerprint density at radius 2 is 2.21 bits per heavy atom. The van der Waals surface area contributed by atoms with Crippen LogP contribution in [0.5, 0.6) is 0 Å². The fourth-order valence-electron chi connectivity index (χ4n) is 1.67. The first-order chi connectivity index (χ1) is 9.00. The van der Waals surface area contributed by atoms with Crippen molar-refractivity contribution in [3.63, 3.8) is 0 Å². The van der Waals surface area contributed by atoms with Crippen LogP contribution in [0.15, 0.2) is 11.4 Å². The minimum Gasteiger partial charge on any atom is -0.478 e. The first-order valence-corrected chi connectivity index (χ1v) is 7.60. The van der Waals surface area contributed by atoms with E-state index in [9.17, 15) is 4.79 Å². The van der Waals surface area contributed by atoms with Crippen molar-refractivity contribution < 1.29 is 9.90 Å². The molecule has 0 atom stereocenters. The predicted octanol–water partition coefficient (Wildman–Crippen LogP) is 2.66. The molecule has 0 aliphatic carbocycles. The number of thiophene rings is 1. The van der Waals surface area contributed by atoms with Gasteiger partial charge in [-0.2, -0.15) is 0 Å². The Bertz CT molecular complexity index is 391. The van der Waals surface area contributed by atoms with Gasteiger partial charge in [0.25, 0.3) is 0 Å². The maximum absolute atomic E-state index is 10.7. The fourth-order valence-corrected chi connectivity index (χ4v) is 2.49. The van der Waals surface area contributed by atoms with Crippen molar-refractivity contribution in [2.75, 3.05) is 20.1 Å². The maximum atomic E-state index is 10.7. The van der Waals surface area contributed by atoms with Crippen molar-refractivity contribution in [1.29, 1.82) is 0 Å². The third kappa shape index (κ3) is 6.18. The molecule has 108 valence electrons. The number of carboxylic acids is 1. The van der Waals surface area contributed by atoms with Gasteiger partial charge in [0.1, 0.15) is 0 Å². The number of aromatic carboxylic acids is 1. The Labute approximate surface area is 119 Å². The van der Waals surface area contributed by atoms with E-state index in [1.54, 1.807) is 11.4 Å². The van der Waals surface area contributed by atoms with Crippen molar-refractivity contribution in [3.8, 4) is 0 Å². The molecule has 0 unspecified atom stereocenters. The summed E-state index contributed by atoms with van der Waals surface area (Å²) in [5, 5.41) is 13.9. The third-order valence-corrected chi connectivity index (χ3v) is 4.13. The average Bonchev–Trinajstić information content (AvgIpc) is 2.82. The molecule has 2 N–H and O–H groups in total. The second kappa shape index (κ2) is 8.30. The SMILES string of the molecule is CC(C)N(C)CCCCNCc1cc(C(=O)O)cs1. The van der Waals surface area contributed by atoms with Crippen molar-refractivity contribution in [1.82, 2.24) is 10.2 Å². The molecule has 0 aliphatic heterocycles. The van der Waals surface area contributed by atoms with Gasteiger partial charge in [-0.1, -0.05) is 0 Å². The van der Waals surface area contributed by atoms with E-state index in [4.69, 9.17) is 5.11 Å². The number of carboxylic acid groups (broad SMARTS) is 1. The van der Waals surface area contributed by atoms with Gasteiger partial charge in [-0.3, -0.25) is 0 Å². The van der Waals surface area contributed by atoms with Crippen LogP contribution in [0.1, 0.15) is 41.9 Å². The normalized spacial score (nSPS) is 11.4. The van der Waals surface area contributed by atoms with Crippen LogP contribution in [-0.2, 0) is 6.54 Å². The molecule has 1 rings (SSSR count). The van der Waals surface area contributed by atoms with E-state index in [-0.39, 0.29) is 0 Å². The van der Waals surface area contributed by atoms with Gasteiger partial charge in [0.15, 0.2) is 0 Å². The standard InChI is InChI=1S/C14H24N2O2S/c1-11(2)16(3)7-5-4-6-15-9-13-8-12(10-19-13)14(17)18/h8,10-11,15H,4-7,9H2,1-3H3,(H,17,18). The van der Waals surface area contributed by atoms with E-state index in [0.29, 0.717) is 11.6 Å². The van der Waals surface area contributed by atoms with Crippen LogP contribution < -0.4 is 5.32 Å². The van der Waals surface area contributed by atoms with Gasteiger partial charge < -0.3 is 15.3 Å². The van der Waals surface area contributed by atoms with Crippen molar-refractivity contribution in [3.05, 3.63) is 21.9 Å². The smallest absolute Gasteiger partial charge is 0.336 e. The molecule has 0 saturated heterocycles. The molecule has 0 aliphatic rings. The summed E-state index contributed by atoms with van der Waals surface area (Å²) >= 11 is 1.50. The zero-order valence-electron chi connectivity index (χ0n) is 12.0. The fraction of sp³-hybridized carbons (Fsp3) is 0.643. The van der Waals surface area contributed by atoms with Gasteiger partial charge in [-0.25, -0.2) is 4.79 Å². The molecule has 1 aromatic rings. The monoisotopic (exact) mass is 284 g/mol. The molecule has 4 nitrogen and oxygen atoms in total. The van der Waals surface area contributed by atoms with Gasteiger partial charge in [0.05, 0.1) is 5.56 Å². The van der Waals surface area contributed by atoms with Crippen LogP contribution in [0.3, 0.4) is 0 Å². The number of unbranched alkanes of at least 4 members (excludes halogenated alkanes) is 1. The molecule has 1 aromatic heterocycles. The Morgan fingerprint density at radius 3 is 2.79 bits per heavy atom. The summed E-state index contributed by atoms with van der Waals surface area (Å²) in [6.07, 6.45) is 2.33. The number of rotatable bonds is 9. The van der Waals surface area contributed by atoms with Crippen LogP contribution in [-0.4, -0.2) is 42.2 Å². The number of nitrogens with zero attached hydrogens (tertiary/aromatic N) is 1. The first-order valence-electron chi connectivity index (χ1n) is 6.72. The second-order valence-electron chi connectivity index (χ2n) is 5.07. The Kier molecular flexibility index (Phi) is 7.05. The molecule has 0 spiro atoms. The third-order valence-electron chi connectivity index (χ3n) is 3.20. The molecular formula is C14H24N2O2S. The molecule has 0 saturated carbocycles. The largest absolute Gasteiger partial charge is 0.478 e. The lowest BCUT2D eigenvalue weighted by atomic mass is 10.2. The highest BCUT2D eigenvalue weighted by molar-refractivity contribution is 7.10. The molecule has 1 heterocycles. The lowest BCUT2D eigenvalue weighted by Gasteiger charge is -2.20. The van der Waals surface area contributed by atoms with Crippen LogP contribution >= 0.6 is 11.3 Å². The van der Waals surface area contributed by atoms with Crippen molar-refractivity contribution in [2.24, 2.45) is 0 Å². The maximum Gasteiger partial charge on any atom is 0.336 e. The van der Waals surface area contributed by atoms with Gasteiger partial charge in [-0.05, 0) is 52.9 Å². The van der Waals surface area contributed by atoms with Gasteiger partial charge in [0.2, 0.25) is 0 Å². The molecule has 0 radical (unpaired) electrons. The quantitative estimate of drug-likeness (QED) is 0.685. The molecule has 19 heavy (non-hydrogen) atoms. The second-order valence-corrected chi connectivity index (χ2v) is 6.06. The Morgan fingerprint density at radius 1 is 1.47 bits per heavy atom. The van der Waals surface area contributed by atoms with E-state index in [2.05, 4.69) is 31.1 Å². The number of hydrogen-bond donors (Lipinski definition) is 2. The van der Waals surface area contributed by atoms with Gasteiger partial charge >= 0.3 is 5.97 Å². The van der Waals surface area contributed by atoms with E-state index in [1.165, 1.54) is 17.8 Å². The Hall–Kier alpha value is -0.910. The molecule has 0 bridgehead atoms. The average molecular weight is 284 g/mol. The van der Waals surface area contributed by atoms with Crippen LogP contribution in [0, 0.1) is 0 Å². The number of nitrogens with one attached hydrogen (secondary N) is 1. The molecular weight excluding hydrogens is 260 g/mol. The summed E-state index contributed by atoms with van der Waals surface area (Å²) in [6.45, 7) is 7.27. The summed E-state index contributed by atoms with van der Waals surface area (Å²) in [6, 6.07) is 2.35. The predicted molar refractivity (Wildman–Crippen MR) is 80.0 cm³/mol. The van der Waals surface area contributed by atoms with Crippen LogP contribution in [0.4, 0.5) is 0 Å².